The lowest BCUT2D eigenvalue weighted by Gasteiger charge is -2.34. The lowest BCUT2D eigenvalue weighted by atomic mass is 9.98. The van der Waals surface area contributed by atoms with Crippen molar-refractivity contribution < 1.29 is 10.2 Å². The van der Waals surface area contributed by atoms with E-state index in [-0.39, 0.29) is 13.2 Å². The molecule has 1 fully saturated rings. The third-order valence-corrected chi connectivity index (χ3v) is 3.72. The van der Waals surface area contributed by atoms with E-state index in [1.807, 2.05) is 12.1 Å². The van der Waals surface area contributed by atoms with Crippen molar-refractivity contribution >= 4 is 17.3 Å². The van der Waals surface area contributed by atoms with Gasteiger partial charge >= 0.3 is 0 Å². The molecule has 0 radical (unpaired) electrons. The van der Waals surface area contributed by atoms with Crippen molar-refractivity contribution in [2.75, 3.05) is 24.6 Å². The zero-order chi connectivity index (χ0) is 12.3. The molecule has 1 aliphatic rings. The van der Waals surface area contributed by atoms with Crippen molar-refractivity contribution in [2.24, 2.45) is 5.92 Å². The number of halogens is 1. The first-order chi connectivity index (χ1) is 8.26. The highest BCUT2D eigenvalue weighted by molar-refractivity contribution is 6.31. The molecule has 3 nitrogen and oxygen atoms in total. The summed E-state index contributed by atoms with van der Waals surface area (Å²) in [5.74, 6) is 0.328. The number of benzene rings is 1. The normalized spacial score (nSPS) is 20.6. The smallest absolute Gasteiger partial charge is 0.0716 e. The van der Waals surface area contributed by atoms with Crippen LogP contribution in [0.2, 0.25) is 5.02 Å². The van der Waals surface area contributed by atoms with Crippen LogP contribution >= 0.6 is 11.6 Å². The predicted octanol–water partition coefficient (Wildman–Crippen LogP) is 2.04. The summed E-state index contributed by atoms with van der Waals surface area (Å²) in [6, 6.07) is 5.68. The van der Waals surface area contributed by atoms with Crippen LogP contribution in [0.3, 0.4) is 0 Å². The molecule has 17 heavy (non-hydrogen) atoms. The van der Waals surface area contributed by atoms with Gasteiger partial charge in [0.2, 0.25) is 0 Å². The number of aliphatic hydroxyl groups excluding tert-OH is 2. The molecular formula is C13H18ClNO2. The fraction of sp³-hybridized carbons (Fsp3) is 0.538. The minimum absolute atomic E-state index is 0.0463. The fourth-order valence-corrected chi connectivity index (χ4v) is 2.66. The quantitative estimate of drug-likeness (QED) is 0.869. The van der Waals surface area contributed by atoms with E-state index in [1.165, 1.54) is 0 Å². The van der Waals surface area contributed by atoms with Crippen LogP contribution in [0.15, 0.2) is 18.2 Å². The molecule has 1 aromatic carbocycles. The number of piperidine rings is 1. The number of rotatable bonds is 3. The maximum absolute atomic E-state index is 9.39. The zero-order valence-electron chi connectivity index (χ0n) is 9.77. The number of aliphatic hydroxyl groups is 2. The van der Waals surface area contributed by atoms with Gasteiger partial charge in [-0.15, -0.1) is 0 Å². The molecule has 1 heterocycles. The summed E-state index contributed by atoms with van der Waals surface area (Å²) in [6.45, 7) is 1.98. The molecule has 0 saturated carbocycles. The molecule has 2 rings (SSSR count). The van der Waals surface area contributed by atoms with Crippen molar-refractivity contribution in [3.63, 3.8) is 0 Å². The van der Waals surface area contributed by atoms with Crippen LogP contribution in [0.1, 0.15) is 18.4 Å². The molecular weight excluding hydrogens is 238 g/mol. The number of hydrogen-bond donors (Lipinski definition) is 2. The summed E-state index contributed by atoms with van der Waals surface area (Å²) in [7, 11) is 0. The van der Waals surface area contributed by atoms with Crippen LogP contribution in [0.25, 0.3) is 0 Å². The van der Waals surface area contributed by atoms with E-state index in [1.54, 1.807) is 6.07 Å². The molecule has 0 amide bonds. The van der Waals surface area contributed by atoms with Crippen LogP contribution in [-0.2, 0) is 6.61 Å². The van der Waals surface area contributed by atoms with Crippen molar-refractivity contribution in [3.05, 3.63) is 28.8 Å². The first-order valence-corrected chi connectivity index (χ1v) is 6.38. The Kier molecular flexibility index (Phi) is 4.26. The van der Waals surface area contributed by atoms with Crippen molar-refractivity contribution in [1.29, 1.82) is 0 Å². The van der Waals surface area contributed by atoms with E-state index in [0.717, 1.165) is 37.2 Å². The van der Waals surface area contributed by atoms with Gasteiger partial charge in [0.25, 0.3) is 0 Å². The molecule has 0 aliphatic carbocycles. The molecule has 1 unspecified atom stereocenters. The third kappa shape index (κ3) is 2.73. The van der Waals surface area contributed by atoms with Gasteiger partial charge in [0, 0.05) is 36.0 Å². The van der Waals surface area contributed by atoms with Gasteiger partial charge in [-0.05, 0) is 30.9 Å². The summed E-state index contributed by atoms with van der Waals surface area (Å²) < 4.78 is 0. The molecule has 1 saturated heterocycles. The van der Waals surface area contributed by atoms with E-state index >= 15 is 0 Å². The summed E-state index contributed by atoms with van der Waals surface area (Å²) in [4.78, 5) is 2.21. The van der Waals surface area contributed by atoms with Gasteiger partial charge in [-0.25, -0.2) is 0 Å². The standard InChI is InChI=1S/C13H18ClNO2/c14-12-4-1-5-13(11(12)9-17)15-6-2-3-10(7-15)8-16/h1,4-5,10,16-17H,2-3,6-9H2. The monoisotopic (exact) mass is 255 g/mol. The van der Waals surface area contributed by atoms with E-state index < -0.39 is 0 Å². The SMILES string of the molecule is OCc1c(Cl)cccc1N1CCCC(CO)C1. The van der Waals surface area contributed by atoms with Crippen LogP contribution in [-0.4, -0.2) is 29.9 Å². The fourth-order valence-electron chi connectivity index (χ4n) is 2.43. The second kappa shape index (κ2) is 5.71. The summed E-state index contributed by atoms with van der Waals surface area (Å²) in [6.07, 6.45) is 2.14. The number of anilines is 1. The Balaban J connectivity index is 2.24. The molecule has 0 bridgehead atoms. The summed E-state index contributed by atoms with van der Waals surface area (Å²) in [5, 5.41) is 19.2. The van der Waals surface area contributed by atoms with E-state index in [0.29, 0.717) is 10.9 Å². The average molecular weight is 256 g/mol. The maximum Gasteiger partial charge on any atom is 0.0716 e. The molecule has 1 atom stereocenters. The van der Waals surface area contributed by atoms with Crippen molar-refractivity contribution in [3.8, 4) is 0 Å². The van der Waals surface area contributed by atoms with Gasteiger partial charge in [0.15, 0.2) is 0 Å². The molecule has 4 heteroatoms. The van der Waals surface area contributed by atoms with E-state index in [9.17, 15) is 10.2 Å². The van der Waals surface area contributed by atoms with Crippen LogP contribution < -0.4 is 4.90 Å². The van der Waals surface area contributed by atoms with Gasteiger partial charge in [-0.1, -0.05) is 17.7 Å². The average Bonchev–Trinajstić information content (AvgIpc) is 2.38. The number of nitrogens with zero attached hydrogens (tertiary/aromatic N) is 1. The first kappa shape index (κ1) is 12.7. The third-order valence-electron chi connectivity index (χ3n) is 3.37. The maximum atomic E-state index is 9.39. The van der Waals surface area contributed by atoms with Crippen LogP contribution in [0.4, 0.5) is 5.69 Å². The topological polar surface area (TPSA) is 43.7 Å². The van der Waals surface area contributed by atoms with E-state index in [2.05, 4.69) is 4.90 Å². The van der Waals surface area contributed by atoms with Gasteiger partial charge in [-0.3, -0.25) is 0 Å². The van der Waals surface area contributed by atoms with Crippen LogP contribution in [0, 0.1) is 5.92 Å². The lowest BCUT2D eigenvalue weighted by Crippen LogP contribution is -2.37. The highest BCUT2D eigenvalue weighted by atomic mass is 35.5. The second-order valence-electron chi connectivity index (χ2n) is 4.53. The van der Waals surface area contributed by atoms with Gasteiger partial charge in [0.05, 0.1) is 6.61 Å². The Labute approximate surface area is 107 Å². The Morgan fingerprint density at radius 3 is 2.88 bits per heavy atom. The second-order valence-corrected chi connectivity index (χ2v) is 4.94. The molecule has 0 aromatic heterocycles. The van der Waals surface area contributed by atoms with Gasteiger partial charge in [0.1, 0.15) is 0 Å². The summed E-state index contributed by atoms with van der Waals surface area (Å²) in [5.41, 5.74) is 1.78. The largest absolute Gasteiger partial charge is 0.396 e. The van der Waals surface area contributed by atoms with E-state index in [4.69, 9.17) is 11.6 Å². The van der Waals surface area contributed by atoms with Crippen LogP contribution in [0.5, 0.6) is 0 Å². The first-order valence-electron chi connectivity index (χ1n) is 6.00. The lowest BCUT2D eigenvalue weighted by molar-refractivity contribution is 0.208. The zero-order valence-corrected chi connectivity index (χ0v) is 10.5. The Bertz CT molecular complexity index is 384. The Hall–Kier alpha value is -0.770. The highest BCUT2D eigenvalue weighted by Crippen LogP contribution is 2.30. The molecule has 0 spiro atoms. The minimum Gasteiger partial charge on any atom is -0.396 e. The minimum atomic E-state index is -0.0463. The molecule has 2 N–H and O–H groups in total. The van der Waals surface area contributed by atoms with Crippen molar-refractivity contribution in [2.45, 2.75) is 19.4 Å². The highest BCUT2D eigenvalue weighted by Gasteiger charge is 2.21. The molecule has 1 aromatic rings. The molecule has 94 valence electrons. The Morgan fingerprint density at radius 2 is 2.18 bits per heavy atom. The van der Waals surface area contributed by atoms with Gasteiger partial charge in [-0.2, -0.15) is 0 Å². The molecule has 1 aliphatic heterocycles. The number of hydrogen-bond acceptors (Lipinski definition) is 3. The predicted molar refractivity (Wildman–Crippen MR) is 69.4 cm³/mol. The Morgan fingerprint density at radius 1 is 1.35 bits per heavy atom. The summed E-state index contributed by atoms with van der Waals surface area (Å²) >= 11 is 6.08. The van der Waals surface area contributed by atoms with Crippen molar-refractivity contribution in [1.82, 2.24) is 0 Å². The van der Waals surface area contributed by atoms with Gasteiger partial charge < -0.3 is 15.1 Å².